The third-order valence-corrected chi connectivity index (χ3v) is 4.27. The SMILES string of the molecule is CCCCC[C@H](O)/C=C/[C@@H]1[C@H](CCC(=O)O)[C@@H](O)C[C@H]1O. The van der Waals surface area contributed by atoms with Gasteiger partial charge in [0.15, 0.2) is 0 Å². The van der Waals surface area contributed by atoms with E-state index in [1.165, 1.54) is 0 Å². The average molecular weight is 300 g/mol. The summed E-state index contributed by atoms with van der Waals surface area (Å²) in [6, 6.07) is 0. The first-order valence-corrected chi connectivity index (χ1v) is 7.90. The molecule has 21 heavy (non-hydrogen) atoms. The summed E-state index contributed by atoms with van der Waals surface area (Å²) in [7, 11) is 0. The third kappa shape index (κ3) is 6.16. The highest BCUT2D eigenvalue weighted by Gasteiger charge is 2.40. The van der Waals surface area contributed by atoms with E-state index in [0.29, 0.717) is 12.8 Å². The first kappa shape index (κ1) is 18.1. The third-order valence-electron chi connectivity index (χ3n) is 4.27. The molecule has 0 spiro atoms. The van der Waals surface area contributed by atoms with Gasteiger partial charge in [0.2, 0.25) is 0 Å². The quantitative estimate of drug-likeness (QED) is 0.384. The Balaban J connectivity index is 2.53. The van der Waals surface area contributed by atoms with Crippen molar-refractivity contribution in [3.63, 3.8) is 0 Å². The number of aliphatic carboxylic acids is 1. The second-order valence-corrected chi connectivity index (χ2v) is 5.99. The predicted molar refractivity (Wildman–Crippen MR) is 79.8 cm³/mol. The van der Waals surface area contributed by atoms with E-state index < -0.39 is 24.3 Å². The molecule has 1 aliphatic rings. The number of carboxylic acid groups (broad SMARTS) is 1. The molecule has 0 aromatic carbocycles. The van der Waals surface area contributed by atoms with E-state index in [1.807, 2.05) is 0 Å². The van der Waals surface area contributed by atoms with Gasteiger partial charge in [-0.15, -0.1) is 0 Å². The highest BCUT2D eigenvalue weighted by atomic mass is 16.4. The Hall–Kier alpha value is -0.910. The first-order valence-electron chi connectivity index (χ1n) is 7.90. The van der Waals surface area contributed by atoms with Crippen LogP contribution in [0.1, 0.15) is 51.9 Å². The summed E-state index contributed by atoms with van der Waals surface area (Å²) in [5.74, 6) is -1.43. The minimum atomic E-state index is -0.897. The van der Waals surface area contributed by atoms with Gasteiger partial charge in [-0.2, -0.15) is 0 Å². The second-order valence-electron chi connectivity index (χ2n) is 5.99. The van der Waals surface area contributed by atoms with Crippen molar-refractivity contribution in [2.24, 2.45) is 11.8 Å². The fraction of sp³-hybridized carbons (Fsp3) is 0.812. The van der Waals surface area contributed by atoms with Gasteiger partial charge in [0.1, 0.15) is 0 Å². The Morgan fingerprint density at radius 2 is 2.00 bits per heavy atom. The van der Waals surface area contributed by atoms with Crippen molar-refractivity contribution in [2.45, 2.75) is 70.2 Å². The zero-order valence-electron chi connectivity index (χ0n) is 12.7. The largest absolute Gasteiger partial charge is 0.481 e. The van der Waals surface area contributed by atoms with Gasteiger partial charge in [0.05, 0.1) is 18.3 Å². The molecular formula is C16H28O5. The molecule has 1 fully saturated rings. The second kappa shape index (κ2) is 9.18. The number of carboxylic acids is 1. The van der Waals surface area contributed by atoms with Crippen LogP contribution in [0.15, 0.2) is 12.2 Å². The minimum absolute atomic E-state index is 0.0160. The molecule has 0 aromatic heterocycles. The molecule has 122 valence electrons. The van der Waals surface area contributed by atoms with Gasteiger partial charge in [-0.05, 0) is 18.8 Å². The number of hydrogen-bond donors (Lipinski definition) is 4. The summed E-state index contributed by atoms with van der Waals surface area (Å²) < 4.78 is 0. The molecule has 0 aromatic rings. The molecule has 1 saturated carbocycles. The highest BCUT2D eigenvalue weighted by molar-refractivity contribution is 5.66. The topological polar surface area (TPSA) is 98.0 Å². The Kier molecular flexibility index (Phi) is 7.93. The molecule has 4 N–H and O–H groups in total. The maximum absolute atomic E-state index is 10.7. The van der Waals surface area contributed by atoms with Crippen LogP contribution in [0.5, 0.6) is 0 Å². The molecular weight excluding hydrogens is 272 g/mol. The predicted octanol–water partition coefficient (Wildman–Crippen LogP) is 1.71. The Bertz CT molecular complexity index is 342. The Morgan fingerprint density at radius 1 is 1.29 bits per heavy atom. The van der Waals surface area contributed by atoms with E-state index in [2.05, 4.69) is 6.92 Å². The number of carbonyl (C=O) groups is 1. The first-order chi connectivity index (χ1) is 9.95. The molecule has 5 heteroatoms. The molecule has 0 saturated heterocycles. The minimum Gasteiger partial charge on any atom is -0.481 e. The highest BCUT2D eigenvalue weighted by Crippen LogP contribution is 2.36. The monoisotopic (exact) mass is 300 g/mol. The Labute approximate surface area is 126 Å². The fourth-order valence-corrected chi connectivity index (χ4v) is 3.02. The van der Waals surface area contributed by atoms with E-state index in [-0.39, 0.29) is 24.7 Å². The fourth-order valence-electron chi connectivity index (χ4n) is 3.02. The maximum Gasteiger partial charge on any atom is 0.303 e. The smallest absolute Gasteiger partial charge is 0.303 e. The molecule has 5 nitrogen and oxygen atoms in total. The lowest BCUT2D eigenvalue weighted by molar-refractivity contribution is -0.137. The summed E-state index contributed by atoms with van der Waals surface area (Å²) in [4.78, 5) is 10.7. The lowest BCUT2D eigenvalue weighted by Crippen LogP contribution is -2.22. The van der Waals surface area contributed by atoms with Crippen molar-refractivity contribution in [1.29, 1.82) is 0 Å². The normalized spacial score (nSPS) is 30.9. The van der Waals surface area contributed by atoms with Gasteiger partial charge in [-0.3, -0.25) is 4.79 Å². The molecule has 0 amide bonds. The van der Waals surface area contributed by atoms with Crippen LogP contribution in [0.4, 0.5) is 0 Å². The number of hydrogen-bond acceptors (Lipinski definition) is 4. The van der Waals surface area contributed by atoms with Crippen LogP contribution in [-0.2, 0) is 4.79 Å². The summed E-state index contributed by atoms with van der Waals surface area (Å²) in [5.41, 5.74) is 0. The number of aliphatic hydroxyl groups is 3. The van der Waals surface area contributed by atoms with Crippen molar-refractivity contribution < 1.29 is 25.2 Å². The zero-order valence-corrected chi connectivity index (χ0v) is 12.7. The molecule has 0 unspecified atom stereocenters. The van der Waals surface area contributed by atoms with Crippen LogP contribution in [0, 0.1) is 11.8 Å². The summed E-state index contributed by atoms with van der Waals surface area (Å²) in [6.07, 6.45) is 5.97. The molecule has 5 atom stereocenters. The number of unbranched alkanes of at least 4 members (excludes halogenated alkanes) is 2. The van der Waals surface area contributed by atoms with Crippen LogP contribution in [0.3, 0.4) is 0 Å². The van der Waals surface area contributed by atoms with Gasteiger partial charge in [0.25, 0.3) is 0 Å². The standard InChI is InChI=1S/C16H28O5/c1-2-3-4-5-11(17)6-7-12-13(8-9-16(20)21)15(19)10-14(12)18/h6-7,11-15,17-19H,2-5,8-10H2,1H3,(H,20,21)/b7-6+/t11-,12+,13-,14+,15-/m0/s1. The van der Waals surface area contributed by atoms with Crippen LogP contribution in [0.25, 0.3) is 0 Å². The van der Waals surface area contributed by atoms with Gasteiger partial charge in [-0.25, -0.2) is 0 Å². The number of aliphatic hydroxyl groups excluding tert-OH is 3. The van der Waals surface area contributed by atoms with Gasteiger partial charge in [0, 0.05) is 18.8 Å². The lowest BCUT2D eigenvalue weighted by Gasteiger charge is -2.20. The maximum atomic E-state index is 10.7. The van der Waals surface area contributed by atoms with Crippen LogP contribution in [0.2, 0.25) is 0 Å². The summed E-state index contributed by atoms with van der Waals surface area (Å²) in [5, 5.41) is 38.5. The van der Waals surface area contributed by atoms with Gasteiger partial charge >= 0.3 is 5.97 Å². The van der Waals surface area contributed by atoms with Crippen LogP contribution < -0.4 is 0 Å². The van der Waals surface area contributed by atoms with E-state index in [9.17, 15) is 20.1 Å². The van der Waals surface area contributed by atoms with Crippen molar-refractivity contribution >= 4 is 5.97 Å². The average Bonchev–Trinajstić information content (AvgIpc) is 2.68. The molecule has 1 aliphatic carbocycles. The summed E-state index contributed by atoms with van der Waals surface area (Å²) >= 11 is 0. The van der Waals surface area contributed by atoms with Gasteiger partial charge < -0.3 is 20.4 Å². The van der Waals surface area contributed by atoms with Crippen molar-refractivity contribution in [3.05, 3.63) is 12.2 Å². The van der Waals surface area contributed by atoms with Crippen LogP contribution in [-0.4, -0.2) is 44.7 Å². The van der Waals surface area contributed by atoms with E-state index in [1.54, 1.807) is 12.2 Å². The van der Waals surface area contributed by atoms with Crippen molar-refractivity contribution in [1.82, 2.24) is 0 Å². The van der Waals surface area contributed by atoms with Crippen molar-refractivity contribution in [3.8, 4) is 0 Å². The van der Waals surface area contributed by atoms with Crippen molar-refractivity contribution in [2.75, 3.05) is 0 Å². The molecule has 0 bridgehead atoms. The van der Waals surface area contributed by atoms with E-state index in [0.717, 1.165) is 19.3 Å². The van der Waals surface area contributed by atoms with E-state index in [4.69, 9.17) is 5.11 Å². The molecule has 0 heterocycles. The molecule has 1 rings (SSSR count). The lowest BCUT2D eigenvalue weighted by atomic mass is 9.88. The molecule has 0 aliphatic heterocycles. The van der Waals surface area contributed by atoms with Crippen LogP contribution >= 0.6 is 0 Å². The Morgan fingerprint density at radius 3 is 2.62 bits per heavy atom. The summed E-state index contributed by atoms with van der Waals surface area (Å²) in [6.45, 7) is 2.10. The van der Waals surface area contributed by atoms with Gasteiger partial charge in [-0.1, -0.05) is 38.3 Å². The zero-order chi connectivity index (χ0) is 15.8. The number of rotatable bonds is 9. The van der Waals surface area contributed by atoms with E-state index >= 15 is 0 Å². The molecule has 0 radical (unpaired) electrons.